The lowest BCUT2D eigenvalue weighted by Crippen LogP contribution is -2.23. The average molecular weight is 297 g/mol. The number of amides is 2. The van der Waals surface area contributed by atoms with Crippen LogP contribution in [0.3, 0.4) is 0 Å². The lowest BCUT2D eigenvalue weighted by molar-refractivity contribution is -0.128. The molecule has 5 heteroatoms. The zero-order valence-electron chi connectivity index (χ0n) is 12.0. The number of carbonyl (C=O) groups excluding carboxylic acids is 2. The quantitative estimate of drug-likeness (QED) is 0.621. The van der Waals surface area contributed by atoms with Crippen molar-refractivity contribution in [1.82, 2.24) is 4.90 Å². The van der Waals surface area contributed by atoms with E-state index in [0.29, 0.717) is 18.7 Å². The number of anilines is 1. The molecule has 20 heavy (non-hydrogen) atoms. The van der Waals surface area contributed by atoms with E-state index in [1.165, 1.54) is 0 Å². The van der Waals surface area contributed by atoms with Crippen LogP contribution in [0.25, 0.3) is 0 Å². The number of halogens is 1. The van der Waals surface area contributed by atoms with Crippen molar-refractivity contribution in [2.45, 2.75) is 25.7 Å². The second-order valence-corrected chi connectivity index (χ2v) is 5.23. The summed E-state index contributed by atoms with van der Waals surface area (Å²) in [6.45, 7) is 0. The molecule has 0 radical (unpaired) electrons. The van der Waals surface area contributed by atoms with Gasteiger partial charge < -0.3 is 10.2 Å². The summed E-state index contributed by atoms with van der Waals surface area (Å²) in [7, 11) is 3.47. The molecule has 0 saturated heterocycles. The van der Waals surface area contributed by atoms with Crippen molar-refractivity contribution >= 4 is 29.1 Å². The van der Waals surface area contributed by atoms with Gasteiger partial charge in [-0.05, 0) is 30.5 Å². The second kappa shape index (κ2) is 8.59. The van der Waals surface area contributed by atoms with E-state index in [2.05, 4.69) is 5.32 Å². The Morgan fingerprint density at radius 2 is 1.80 bits per heavy atom. The Bertz CT molecular complexity index is 444. The Hall–Kier alpha value is -1.55. The van der Waals surface area contributed by atoms with Gasteiger partial charge in [0.05, 0.1) is 6.42 Å². The number of rotatable bonds is 7. The molecule has 0 aliphatic rings. The number of unbranched alkanes of at least 4 members (excludes halogenated alkanes) is 1. The van der Waals surface area contributed by atoms with E-state index in [1.807, 2.05) is 24.3 Å². The molecule has 1 aromatic carbocycles. The molecule has 0 atom stereocenters. The van der Waals surface area contributed by atoms with Crippen molar-refractivity contribution in [1.29, 1.82) is 0 Å². The predicted octanol–water partition coefficient (Wildman–Crippen LogP) is 2.66. The van der Waals surface area contributed by atoms with Crippen molar-refractivity contribution in [3.05, 3.63) is 29.8 Å². The number of hydrogen-bond acceptors (Lipinski definition) is 2. The van der Waals surface area contributed by atoms with E-state index in [9.17, 15) is 9.59 Å². The number of carbonyl (C=O) groups is 2. The Morgan fingerprint density at radius 3 is 2.35 bits per heavy atom. The first-order valence-corrected chi connectivity index (χ1v) is 7.21. The van der Waals surface area contributed by atoms with Crippen LogP contribution in [0, 0.1) is 0 Å². The third kappa shape index (κ3) is 6.06. The zero-order chi connectivity index (χ0) is 15.0. The zero-order valence-corrected chi connectivity index (χ0v) is 12.7. The molecule has 0 aromatic heterocycles. The third-order valence-electron chi connectivity index (χ3n) is 2.88. The Kier molecular flexibility index (Phi) is 7.09. The fraction of sp³-hybridized carbons (Fsp3) is 0.467. The van der Waals surface area contributed by atoms with Gasteiger partial charge in [0.15, 0.2) is 0 Å². The first kappa shape index (κ1) is 16.5. The Balaban J connectivity index is 2.46. The SMILES string of the molecule is CN(C)C(=O)Cc1ccc(NC(=O)CCCCCl)cc1. The van der Waals surface area contributed by atoms with Gasteiger partial charge in [0.25, 0.3) is 0 Å². The maximum absolute atomic E-state index is 11.6. The first-order chi connectivity index (χ1) is 9.52. The highest BCUT2D eigenvalue weighted by Crippen LogP contribution is 2.11. The molecule has 2 amide bonds. The van der Waals surface area contributed by atoms with Gasteiger partial charge in [-0.2, -0.15) is 0 Å². The fourth-order valence-corrected chi connectivity index (χ4v) is 1.83. The van der Waals surface area contributed by atoms with Crippen LogP contribution in [0.5, 0.6) is 0 Å². The van der Waals surface area contributed by atoms with E-state index >= 15 is 0 Å². The van der Waals surface area contributed by atoms with E-state index in [-0.39, 0.29) is 11.8 Å². The average Bonchev–Trinajstić information content (AvgIpc) is 2.41. The van der Waals surface area contributed by atoms with Gasteiger partial charge in [-0.1, -0.05) is 12.1 Å². The molecule has 0 bridgehead atoms. The molecule has 0 aliphatic carbocycles. The van der Waals surface area contributed by atoms with E-state index < -0.39 is 0 Å². The minimum absolute atomic E-state index is 0.00719. The second-order valence-electron chi connectivity index (χ2n) is 4.86. The lowest BCUT2D eigenvalue weighted by Gasteiger charge is -2.10. The summed E-state index contributed by atoms with van der Waals surface area (Å²) in [5.41, 5.74) is 1.69. The summed E-state index contributed by atoms with van der Waals surface area (Å²) in [5, 5.41) is 2.83. The van der Waals surface area contributed by atoms with Gasteiger partial charge in [0, 0.05) is 32.1 Å². The van der Waals surface area contributed by atoms with Crippen LogP contribution in [-0.2, 0) is 16.0 Å². The summed E-state index contributed by atoms with van der Waals surface area (Å²) < 4.78 is 0. The highest BCUT2D eigenvalue weighted by atomic mass is 35.5. The molecule has 0 heterocycles. The molecule has 1 rings (SSSR count). The molecule has 0 unspecified atom stereocenters. The van der Waals surface area contributed by atoms with Crippen LogP contribution in [-0.4, -0.2) is 36.7 Å². The molecule has 0 spiro atoms. The van der Waals surface area contributed by atoms with Crippen molar-refractivity contribution in [2.75, 3.05) is 25.3 Å². The van der Waals surface area contributed by atoms with Gasteiger partial charge in [0.2, 0.25) is 11.8 Å². The number of alkyl halides is 1. The molecule has 4 nitrogen and oxygen atoms in total. The van der Waals surface area contributed by atoms with Gasteiger partial charge in [-0.3, -0.25) is 9.59 Å². The number of hydrogen-bond donors (Lipinski definition) is 1. The minimum atomic E-state index is -0.00719. The summed E-state index contributed by atoms with van der Waals surface area (Å²) in [6, 6.07) is 7.35. The van der Waals surface area contributed by atoms with Crippen LogP contribution >= 0.6 is 11.6 Å². The van der Waals surface area contributed by atoms with Crippen molar-refractivity contribution in [3.8, 4) is 0 Å². The van der Waals surface area contributed by atoms with Gasteiger partial charge in [0.1, 0.15) is 0 Å². The monoisotopic (exact) mass is 296 g/mol. The van der Waals surface area contributed by atoms with E-state index in [0.717, 1.165) is 24.1 Å². The minimum Gasteiger partial charge on any atom is -0.349 e. The summed E-state index contributed by atoms with van der Waals surface area (Å²) >= 11 is 5.56. The van der Waals surface area contributed by atoms with Gasteiger partial charge in [-0.15, -0.1) is 11.6 Å². The number of likely N-dealkylation sites (N-methyl/N-ethyl adjacent to an activating group) is 1. The van der Waals surface area contributed by atoms with E-state index in [1.54, 1.807) is 19.0 Å². The van der Waals surface area contributed by atoms with Gasteiger partial charge >= 0.3 is 0 Å². The fourth-order valence-electron chi connectivity index (χ4n) is 1.64. The number of nitrogens with one attached hydrogen (secondary N) is 1. The van der Waals surface area contributed by atoms with Crippen molar-refractivity contribution < 1.29 is 9.59 Å². The molecule has 0 fully saturated rings. The molecular weight excluding hydrogens is 276 g/mol. The maximum Gasteiger partial charge on any atom is 0.226 e. The highest BCUT2D eigenvalue weighted by Gasteiger charge is 2.06. The van der Waals surface area contributed by atoms with Crippen molar-refractivity contribution in [2.24, 2.45) is 0 Å². The van der Waals surface area contributed by atoms with Crippen LogP contribution in [0.15, 0.2) is 24.3 Å². The largest absolute Gasteiger partial charge is 0.349 e. The highest BCUT2D eigenvalue weighted by molar-refractivity contribution is 6.17. The van der Waals surface area contributed by atoms with Crippen LogP contribution in [0.1, 0.15) is 24.8 Å². The molecule has 110 valence electrons. The van der Waals surface area contributed by atoms with Crippen molar-refractivity contribution in [3.63, 3.8) is 0 Å². The smallest absolute Gasteiger partial charge is 0.226 e. The molecule has 1 aromatic rings. The lowest BCUT2D eigenvalue weighted by atomic mass is 10.1. The standard InChI is InChI=1S/C15H21ClN2O2/c1-18(2)15(20)11-12-6-8-13(9-7-12)17-14(19)5-3-4-10-16/h6-9H,3-5,10-11H2,1-2H3,(H,17,19). The number of nitrogens with zero attached hydrogens (tertiary/aromatic N) is 1. The maximum atomic E-state index is 11.6. The molecule has 0 aliphatic heterocycles. The van der Waals surface area contributed by atoms with Gasteiger partial charge in [-0.25, -0.2) is 0 Å². The topological polar surface area (TPSA) is 49.4 Å². The summed E-state index contributed by atoms with van der Waals surface area (Å²) in [4.78, 5) is 24.8. The molecule has 1 N–H and O–H groups in total. The molecular formula is C15H21ClN2O2. The van der Waals surface area contributed by atoms with Crippen LogP contribution in [0.2, 0.25) is 0 Å². The normalized spacial score (nSPS) is 10.2. The first-order valence-electron chi connectivity index (χ1n) is 6.68. The predicted molar refractivity (Wildman–Crippen MR) is 82.0 cm³/mol. The Morgan fingerprint density at radius 1 is 1.15 bits per heavy atom. The van der Waals surface area contributed by atoms with E-state index in [4.69, 9.17) is 11.6 Å². The third-order valence-corrected chi connectivity index (χ3v) is 3.15. The van der Waals surface area contributed by atoms with Crippen LogP contribution in [0.4, 0.5) is 5.69 Å². The number of benzene rings is 1. The summed E-state index contributed by atoms with van der Waals surface area (Å²) in [6.07, 6.45) is 2.50. The molecule has 0 saturated carbocycles. The Labute approximate surface area is 125 Å². The summed E-state index contributed by atoms with van der Waals surface area (Å²) in [5.74, 6) is 0.636. The van der Waals surface area contributed by atoms with Crippen LogP contribution < -0.4 is 5.32 Å².